The van der Waals surface area contributed by atoms with E-state index < -0.39 is 0 Å². The minimum atomic E-state index is -0.0896. The van der Waals surface area contributed by atoms with E-state index in [2.05, 4.69) is 65.2 Å². The molecule has 0 radical (unpaired) electrons. The van der Waals surface area contributed by atoms with Crippen LogP contribution in [0.3, 0.4) is 0 Å². The summed E-state index contributed by atoms with van der Waals surface area (Å²) in [7, 11) is 2.06. The zero-order chi connectivity index (χ0) is 25.1. The van der Waals surface area contributed by atoms with Crippen LogP contribution in [-0.4, -0.2) is 67.2 Å². The highest BCUT2D eigenvalue weighted by Crippen LogP contribution is 2.29. The highest BCUT2D eigenvalue weighted by molar-refractivity contribution is 5.89. The maximum atomic E-state index is 13.0. The van der Waals surface area contributed by atoms with Gasteiger partial charge in [0.05, 0.1) is 12.2 Å². The van der Waals surface area contributed by atoms with Crippen molar-refractivity contribution in [2.75, 3.05) is 66.3 Å². The van der Waals surface area contributed by atoms with Crippen LogP contribution >= 0.6 is 0 Å². The fraction of sp³-hybridized carbons (Fsp3) is 0.393. The van der Waals surface area contributed by atoms with Gasteiger partial charge in [0.2, 0.25) is 5.95 Å². The molecule has 1 fully saturated rings. The molecule has 0 saturated carbocycles. The van der Waals surface area contributed by atoms with Crippen molar-refractivity contribution in [1.82, 2.24) is 14.9 Å². The average Bonchev–Trinajstić information content (AvgIpc) is 2.92. The Morgan fingerprint density at radius 2 is 1.64 bits per heavy atom. The molecule has 5 rings (SSSR count). The van der Waals surface area contributed by atoms with E-state index in [-0.39, 0.29) is 6.03 Å². The van der Waals surface area contributed by atoms with Gasteiger partial charge in [-0.05, 0) is 38.1 Å². The number of fused-ring (bicyclic) bond motifs is 1. The second kappa shape index (κ2) is 10.4. The van der Waals surface area contributed by atoms with Crippen molar-refractivity contribution in [3.63, 3.8) is 0 Å². The third kappa shape index (κ3) is 5.08. The zero-order valence-electron chi connectivity index (χ0n) is 21.4. The van der Waals surface area contributed by atoms with Crippen LogP contribution < -0.4 is 20.0 Å². The largest absolute Gasteiger partial charge is 0.368 e. The van der Waals surface area contributed by atoms with Gasteiger partial charge in [-0.25, -0.2) is 9.78 Å². The van der Waals surface area contributed by atoms with Gasteiger partial charge in [-0.1, -0.05) is 35.9 Å². The Labute approximate surface area is 213 Å². The third-order valence-electron chi connectivity index (χ3n) is 7.14. The summed E-state index contributed by atoms with van der Waals surface area (Å²) in [5, 5.41) is 3.01. The quantitative estimate of drug-likeness (QED) is 0.585. The Bertz CT molecular complexity index is 1190. The number of rotatable bonds is 5. The lowest BCUT2D eigenvalue weighted by molar-refractivity contribution is 0.206. The number of nitrogens with one attached hydrogen (secondary N) is 1. The van der Waals surface area contributed by atoms with Gasteiger partial charge in [0, 0.05) is 69.7 Å². The molecule has 8 nitrogen and oxygen atoms in total. The van der Waals surface area contributed by atoms with Crippen LogP contribution in [0, 0.1) is 6.92 Å². The highest BCUT2D eigenvalue weighted by atomic mass is 16.2. The highest BCUT2D eigenvalue weighted by Gasteiger charge is 2.29. The van der Waals surface area contributed by atoms with Crippen LogP contribution in [0.1, 0.15) is 23.7 Å². The molecule has 2 aromatic carbocycles. The predicted octanol–water partition coefficient (Wildman–Crippen LogP) is 4.16. The van der Waals surface area contributed by atoms with Gasteiger partial charge in [0.25, 0.3) is 0 Å². The summed E-state index contributed by atoms with van der Waals surface area (Å²) >= 11 is 0. The first kappa shape index (κ1) is 23.9. The Hall–Kier alpha value is -3.81. The lowest BCUT2D eigenvalue weighted by Crippen LogP contribution is -2.47. The first-order valence-corrected chi connectivity index (χ1v) is 12.8. The molecule has 0 bridgehead atoms. The number of piperazine rings is 1. The summed E-state index contributed by atoms with van der Waals surface area (Å²) in [5.41, 5.74) is 5.46. The first-order valence-electron chi connectivity index (χ1n) is 12.8. The molecule has 2 aliphatic heterocycles. The van der Waals surface area contributed by atoms with E-state index in [1.807, 2.05) is 35.2 Å². The number of benzene rings is 2. The van der Waals surface area contributed by atoms with Gasteiger partial charge < -0.3 is 24.9 Å². The van der Waals surface area contributed by atoms with Gasteiger partial charge in [-0.3, -0.25) is 0 Å². The van der Waals surface area contributed by atoms with Crippen LogP contribution in [0.2, 0.25) is 0 Å². The molecule has 0 spiro atoms. The second-order valence-electron chi connectivity index (χ2n) is 9.56. The van der Waals surface area contributed by atoms with Crippen LogP contribution in [0.15, 0.2) is 54.6 Å². The average molecular weight is 486 g/mol. The molecule has 1 saturated heterocycles. The molecule has 0 aliphatic carbocycles. The molecular weight excluding hydrogens is 450 g/mol. The lowest BCUT2D eigenvalue weighted by Gasteiger charge is -2.37. The molecule has 8 heteroatoms. The Morgan fingerprint density at radius 3 is 2.33 bits per heavy atom. The summed E-state index contributed by atoms with van der Waals surface area (Å²) in [4.78, 5) is 31.7. The topological polar surface area (TPSA) is 67.8 Å². The molecular formula is C28H35N7O. The van der Waals surface area contributed by atoms with Gasteiger partial charge in [-0.2, -0.15) is 4.98 Å². The van der Waals surface area contributed by atoms with Crippen molar-refractivity contribution in [1.29, 1.82) is 0 Å². The molecule has 188 valence electrons. The lowest BCUT2D eigenvalue weighted by atomic mass is 10.1. The predicted molar refractivity (Wildman–Crippen MR) is 146 cm³/mol. The summed E-state index contributed by atoms with van der Waals surface area (Å²) in [6.07, 6.45) is 0.723. The second-order valence-corrected chi connectivity index (χ2v) is 9.56. The van der Waals surface area contributed by atoms with Crippen molar-refractivity contribution >= 4 is 29.2 Å². The normalized spacial score (nSPS) is 15.5. The van der Waals surface area contributed by atoms with Crippen molar-refractivity contribution in [3.8, 4) is 0 Å². The molecule has 3 aromatic rings. The monoisotopic (exact) mass is 485 g/mol. The number of aryl methyl sites for hydroxylation is 1. The van der Waals surface area contributed by atoms with Crippen molar-refractivity contribution in [2.24, 2.45) is 0 Å². The SMILES string of the molecule is CCN(C)c1nc(N2CCN(c3ccc(C)cc3)CC2)nc2c1CN(C(=O)Nc1ccccc1)CC2. The van der Waals surface area contributed by atoms with E-state index in [1.54, 1.807) is 0 Å². The van der Waals surface area contributed by atoms with Crippen molar-refractivity contribution in [3.05, 3.63) is 71.4 Å². The molecule has 1 aromatic heterocycles. The van der Waals surface area contributed by atoms with E-state index in [4.69, 9.17) is 9.97 Å². The van der Waals surface area contributed by atoms with Crippen LogP contribution in [0.25, 0.3) is 0 Å². The summed E-state index contributed by atoms with van der Waals surface area (Å²) < 4.78 is 0. The molecule has 3 heterocycles. The number of aromatic nitrogens is 2. The first-order chi connectivity index (χ1) is 17.5. The maximum Gasteiger partial charge on any atom is 0.322 e. The standard InChI is InChI=1S/C28H35N7O/c1-4-32(3)26-24-20-35(28(36)29-22-8-6-5-7-9-22)15-14-25(24)30-27(31-26)34-18-16-33(17-19-34)23-12-10-21(2)11-13-23/h5-13H,4,14-20H2,1-3H3,(H,29,36). The molecule has 36 heavy (non-hydrogen) atoms. The number of anilines is 4. The van der Waals surface area contributed by atoms with Crippen molar-refractivity contribution < 1.29 is 4.79 Å². The van der Waals surface area contributed by atoms with E-state index in [1.165, 1.54) is 11.3 Å². The van der Waals surface area contributed by atoms with Gasteiger partial charge in [0.1, 0.15) is 5.82 Å². The Kier molecular flexibility index (Phi) is 6.93. The fourth-order valence-corrected chi connectivity index (χ4v) is 4.81. The summed E-state index contributed by atoms with van der Waals surface area (Å²) in [6, 6.07) is 18.2. The number of nitrogens with zero attached hydrogens (tertiary/aromatic N) is 6. The minimum absolute atomic E-state index is 0.0896. The minimum Gasteiger partial charge on any atom is -0.368 e. The Balaban J connectivity index is 1.32. The number of hydrogen-bond acceptors (Lipinski definition) is 6. The molecule has 0 atom stereocenters. The van der Waals surface area contributed by atoms with Crippen LogP contribution in [0.4, 0.5) is 27.9 Å². The summed E-state index contributed by atoms with van der Waals surface area (Å²) in [6.45, 7) is 9.87. The number of hydrogen-bond donors (Lipinski definition) is 1. The molecule has 1 N–H and O–H groups in total. The number of amides is 2. The summed E-state index contributed by atoms with van der Waals surface area (Å²) in [5.74, 6) is 1.73. The van der Waals surface area contributed by atoms with E-state index >= 15 is 0 Å². The number of carbonyl (C=O) groups is 1. The Morgan fingerprint density at radius 1 is 0.944 bits per heavy atom. The van der Waals surface area contributed by atoms with Gasteiger partial charge in [-0.15, -0.1) is 0 Å². The molecule has 0 unspecified atom stereocenters. The number of para-hydroxylation sites is 1. The molecule has 2 aliphatic rings. The van der Waals surface area contributed by atoms with E-state index in [9.17, 15) is 4.79 Å². The maximum absolute atomic E-state index is 13.0. The third-order valence-corrected chi connectivity index (χ3v) is 7.14. The van der Waals surface area contributed by atoms with Crippen LogP contribution in [-0.2, 0) is 13.0 Å². The van der Waals surface area contributed by atoms with E-state index in [0.29, 0.717) is 13.1 Å². The fourth-order valence-electron chi connectivity index (χ4n) is 4.81. The van der Waals surface area contributed by atoms with Crippen molar-refractivity contribution in [2.45, 2.75) is 26.8 Å². The van der Waals surface area contributed by atoms with Gasteiger partial charge in [0.15, 0.2) is 0 Å². The van der Waals surface area contributed by atoms with E-state index in [0.717, 1.165) is 67.9 Å². The van der Waals surface area contributed by atoms with Gasteiger partial charge >= 0.3 is 6.03 Å². The number of urea groups is 1. The zero-order valence-corrected chi connectivity index (χ0v) is 21.4. The molecule has 2 amide bonds. The smallest absolute Gasteiger partial charge is 0.322 e. The van der Waals surface area contributed by atoms with Crippen LogP contribution in [0.5, 0.6) is 0 Å². The number of carbonyl (C=O) groups excluding carboxylic acids is 1.